The second-order valence-corrected chi connectivity index (χ2v) is 14.8. The molecule has 2 aliphatic rings. The predicted octanol–water partition coefficient (Wildman–Crippen LogP) is 14.4. The maximum Gasteiger partial charge on any atom is 0.151 e. The normalized spacial score (nSPS) is 13.7. The number of hydrogen-bond acceptors (Lipinski definition) is 2. The number of nitrogens with zero attached hydrogens (tertiary/aromatic N) is 1. The van der Waals surface area contributed by atoms with Gasteiger partial charge in [0.15, 0.2) is 11.5 Å². The minimum atomic E-state index is -0.146. The molecule has 0 unspecified atom stereocenters. The predicted molar refractivity (Wildman–Crippen MR) is 222 cm³/mol. The molecule has 2 nitrogen and oxygen atoms in total. The van der Waals surface area contributed by atoms with Gasteiger partial charge in [0.2, 0.25) is 0 Å². The molecule has 0 saturated carbocycles. The summed E-state index contributed by atoms with van der Waals surface area (Å²) < 4.78 is 6.44. The lowest BCUT2D eigenvalue weighted by Gasteiger charge is -2.33. The molecule has 9 aromatic rings. The third-order valence-corrected chi connectivity index (χ3v) is 11.6. The van der Waals surface area contributed by atoms with Crippen molar-refractivity contribution in [3.05, 3.63) is 187 Å². The van der Waals surface area contributed by atoms with Crippen molar-refractivity contribution in [3.8, 4) is 44.9 Å². The first-order chi connectivity index (χ1) is 26.1. The zero-order chi connectivity index (χ0) is 35.3. The molecule has 0 amide bonds. The summed E-state index contributed by atoms with van der Waals surface area (Å²) in [7, 11) is 0. The van der Waals surface area contributed by atoms with Crippen molar-refractivity contribution in [1.29, 1.82) is 0 Å². The van der Waals surface area contributed by atoms with Gasteiger partial charge in [0, 0.05) is 11.1 Å². The lowest BCUT2D eigenvalue weighted by Crippen LogP contribution is -2.15. The molecule has 53 heavy (non-hydrogen) atoms. The van der Waals surface area contributed by atoms with Crippen LogP contribution in [0.4, 0.5) is 17.1 Å². The number of ether oxygens (including phenoxy) is 1. The Labute approximate surface area is 309 Å². The molecule has 1 heterocycles. The van der Waals surface area contributed by atoms with Gasteiger partial charge in [-0.25, -0.2) is 0 Å². The van der Waals surface area contributed by atoms with Crippen LogP contribution in [0.5, 0.6) is 11.5 Å². The van der Waals surface area contributed by atoms with E-state index in [1.54, 1.807) is 0 Å². The molecule has 0 bridgehead atoms. The second-order valence-electron chi connectivity index (χ2n) is 14.8. The first kappa shape index (κ1) is 30.0. The maximum absolute atomic E-state index is 6.44. The highest BCUT2D eigenvalue weighted by Gasteiger charge is 2.37. The van der Waals surface area contributed by atoms with E-state index in [1.165, 1.54) is 76.8 Å². The molecular weight excluding hydrogens is 643 g/mol. The number of rotatable bonds is 3. The molecule has 0 saturated heterocycles. The number of para-hydroxylation sites is 4. The van der Waals surface area contributed by atoms with E-state index in [1.807, 2.05) is 12.1 Å². The van der Waals surface area contributed by atoms with Crippen LogP contribution in [0.2, 0.25) is 0 Å². The van der Waals surface area contributed by atoms with Gasteiger partial charge in [-0.05, 0) is 119 Å². The SMILES string of the molecule is CC1(C)c2ccccc2-c2c1cc(-c1c3ccccc3c(-c3ccccc3)c3ccc(N4c5ccccc5Oc5ccccc54)cc13)c1ccccc21. The van der Waals surface area contributed by atoms with Gasteiger partial charge in [-0.3, -0.25) is 0 Å². The summed E-state index contributed by atoms with van der Waals surface area (Å²) in [5.74, 6) is 1.70. The van der Waals surface area contributed by atoms with Crippen LogP contribution < -0.4 is 9.64 Å². The number of benzene rings is 9. The summed E-state index contributed by atoms with van der Waals surface area (Å²) in [4.78, 5) is 2.36. The van der Waals surface area contributed by atoms with E-state index in [2.05, 4.69) is 183 Å². The van der Waals surface area contributed by atoms with Crippen LogP contribution in [0.3, 0.4) is 0 Å². The maximum atomic E-state index is 6.44. The van der Waals surface area contributed by atoms with Gasteiger partial charge in [0.25, 0.3) is 0 Å². The van der Waals surface area contributed by atoms with Crippen molar-refractivity contribution >= 4 is 49.4 Å². The fraction of sp³-hybridized carbons (Fsp3) is 0.0588. The summed E-state index contributed by atoms with van der Waals surface area (Å²) in [5.41, 5.74) is 13.5. The monoisotopic (exact) mass is 677 g/mol. The molecule has 11 rings (SSSR count). The summed E-state index contributed by atoms with van der Waals surface area (Å²) in [6.45, 7) is 4.77. The Balaban J connectivity index is 1.29. The van der Waals surface area contributed by atoms with Crippen LogP contribution in [0.15, 0.2) is 176 Å². The van der Waals surface area contributed by atoms with Gasteiger partial charge in [0.1, 0.15) is 0 Å². The van der Waals surface area contributed by atoms with E-state index in [0.717, 1.165) is 28.6 Å². The van der Waals surface area contributed by atoms with Gasteiger partial charge in [-0.2, -0.15) is 0 Å². The number of fused-ring (bicyclic) bond motifs is 9. The Hall–Kier alpha value is -6.64. The van der Waals surface area contributed by atoms with Crippen molar-refractivity contribution < 1.29 is 4.74 Å². The third-order valence-electron chi connectivity index (χ3n) is 11.6. The van der Waals surface area contributed by atoms with Crippen LogP contribution in [-0.4, -0.2) is 0 Å². The minimum absolute atomic E-state index is 0.146. The van der Waals surface area contributed by atoms with Crippen LogP contribution in [0, 0.1) is 0 Å². The molecule has 1 aliphatic heterocycles. The molecule has 0 aromatic heterocycles. The Morgan fingerprint density at radius 2 is 0.943 bits per heavy atom. The topological polar surface area (TPSA) is 12.5 Å². The van der Waals surface area contributed by atoms with Crippen molar-refractivity contribution in [2.24, 2.45) is 0 Å². The number of anilines is 3. The molecule has 0 atom stereocenters. The minimum Gasteiger partial charge on any atom is -0.453 e. The Bertz CT molecular complexity index is 2910. The van der Waals surface area contributed by atoms with Gasteiger partial charge < -0.3 is 9.64 Å². The standard InChI is InChI=1S/C51H35NO/c1-51(2)42-23-11-10-22-39(42)50-35-19-7-6-18-34(35)41(31-43(50)51)49-37-21-9-8-20-36(37)48(32-16-4-3-5-17-32)38-29-28-33(30-40(38)49)52-44-24-12-14-26-46(44)53-47-27-15-13-25-45(47)52/h3-31H,1-2H3. The van der Waals surface area contributed by atoms with Crippen molar-refractivity contribution in [2.75, 3.05) is 4.90 Å². The summed E-state index contributed by atoms with van der Waals surface area (Å²) in [6, 6.07) is 64.2. The van der Waals surface area contributed by atoms with Gasteiger partial charge in [-0.15, -0.1) is 0 Å². The van der Waals surface area contributed by atoms with Gasteiger partial charge in [0.05, 0.1) is 11.4 Å². The van der Waals surface area contributed by atoms with Crippen LogP contribution in [0.25, 0.3) is 65.7 Å². The van der Waals surface area contributed by atoms with E-state index in [9.17, 15) is 0 Å². The smallest absolute Gasteiger partial charge is 0.151 e. The Kier molecular flexibility index (Phi) is 6.33. The lowest BCUT2D eigenvalue weighted by atomic mass is 9.79. The zero-order valence-corrected chi connectivity index (χ0v) is 29.6. The Morgan fingerprint density at radius 3 is 1.66 bits per heavy atom. The molecule has 0 radical (unpaired) electrons. The molecule has 0 N–H and O–H groups in total. The largest absolute Gasteiger partial charge is 0.453 e. The van der Waals surface area contributed by atoms with Gasteiger partial charge in [-0.1, -0.05) is 147 Å². The van der Waals surface area contributed by atoms with Crippen molar-refractivity contribution in [3.63, 3.8) is 0 Å². The summed E-state index contributed by atoms with van der Waals surface area (Å²) in [6.07, 6.45) is 0. The highest BCUT2D eigenvalue weighted by Crippen LogP contribution is 2.56. The summed E-state index contributed by atoms with van der Waals surface area (Å²) >= 11 is 0. The Morgan fingerprint density at radius 1 is 0.396 bits per heavy atom. The van der Waals surface area contributed by atoms with Gasteiger partial charge >= 0.3 is 0 Å². The van der Waals surface area contributed by atoms with Crippen LogP contribution >= 0.6 is 0 Å². The number of hydrogen-bond donors (Lipinski definition) is 0. The van der Waals surface area contributed by atoms with E-state index in [0.29, 0.717) is 0 Å². The average molecular weight is 678 g/mol. The highest BCUT2D eigenvalue weighted by atomic mass is 16.5. The molecule has 0 spiro atoms. The van der Waals surface area contributed by atoms with E-state index >= 15 is 0 Å². The van der Waals surface area contributed by atoms with Crippen molar-refractivity contribution in [2.45, 2.75) is 19.3 Å². The first-order valence-corrected chi connectivity index (χ1v) is 18.4. The average Bonchev–Trinajstić information content (AvgIpc) is 3.44. The zero-order valence-electron chi connectivity index (χ0n) is 29.6. The molecule has 250 valence electrons. The van der Waals surface area contributed by atoms with E-state index in [-0.39, 0.29) is 5.41 Å². The highest BCUT2D eigenvalue weighted by molar-refractivity contribution is 6.25. The van der Waals surface area contributed by atoms with E-state index < -0.39 is 0 Å². The molecule has 2 heteroatoms. The van der Waals surface area contributed by atoms with Crippen LogP contribution in [0.1, 0.15) is 25.0 Å². The quantitative estimate of drug-likeness (QED) is 0.173. The van der Waals surface area contributed by atoms with Crippen molar-refractivity contribution in [1.82, 2.24) is 0 Å². The first-order valence-electron chi connectivity index (χ1n) is 18.4. The molecule has 9 aromatic carbocycles. The lowest BCUT2D eigenvalue weighted by molar-refractivity contribution is 0.477. The third kappa shape index (κ3) is 4.27. The fourth-order valence-electron chi connectivity index (χ4n) is 9.25. The molecule has 1 aliphatic carbocycles. The molecular formula is C51H35NO. The summed E-state index contributed by atoms with van der Waals surface area (Å²) in [5, 5.41) is 7.52. The second kappa shape index (κ2) is 11.2. The fourth-order valence-corrected chi connectivity index (χ4v) is 9.25. The molecule has 0 fully saturated rings. The van der Waals surface area contributed by atoms with Crippen LogP contribution in [-0.2, 0) is 5.41 Å². The van der Waals surface area contributed by atoms with E-state index in [4.69, 9.17) is 4.74 Å².